The van der Waals surface area contributed by atoms with Crippen molar-refractivity contribution in [2.45, 2.75) is 96.8 Å². The first-order chi connectivity index (χ1) is 17.4. The fourth-order valence-electron chi connectivity index (χ4n) is 5.79. The molecule has 2 aliphatic rings. The third-order valence-corrected chi connectivity index (χ3v) is 8.66. The average Bonchev–Trinajstić information content (AvgIpc) is 3.42. The fourth-order valence-corrected chi connectivity index (χ4v) is 5.79. The fraction of sp³-hybridized carbons (Fsp3) is 0.679. The van der Waals surface area contributed by atoms with E-state index in [1.807, 2.05) is 6.92 Å². The molecule has 2 amide bonds. The highest BCUT2D eigenvalue weighted by molar-refractivity contribution is 5.85. The Morgan fingerprint density at radius 1 is 1.16 bits per heavy atom. The number of hydrogen-bond acceptors (Lipinski definition) is 7. The zero-order chi connectivity index (χ0) is 27.4. The van der Waals surface area contributed by atoms with Crippen molar-refractivity contribution < 1.29 is 34.4 Å². The highest BCUT2D eigenvalue weighted by Gasteiger charge is 2.54. The van der Waals surface area contributed by atoms with E-state index in [0.717, 1.165) is 25.7 Å². The van der Waals surface area contributed by atoms with Gasteiger partial charge in [0.1, 0.15) is 17.7 Å². The molecule has 1 saturated heterocycles. The Labute approximate surface area is 219 Å². The highest BCUT2D eigenvalue weighted by Crippen LogP contribution is 2.53. The Balaban J connectivity index is 1.44. The summed E-state index contributed by atoms with van der Waals surface area (Å²) in [5.74, 6) is -1.15. The molecule has 3 rings (SSSR count). The van der Waals surface area contributed by atoms with Crippen LogP contribution >= 0.6 is 0 Å². The number of nitrogens with zero attached hydrogens (tertiary/aromatic N) is 1. The van der Waals surface area contributed by atoms with Gasteiger partial charge in [-0.15, -0.1) is 0 Å². The molecule has 1 aliphatic heterocycles. The van der Waals surface area contributed by atoms with Crippen LogP contribution in [0, 0.1) is 11.3 Å². The quantitative estimate of drug-likeness (QED) is 0.212. The van der Waals surface area contributed by atoms with E-state index in [1.54, 1.807) is 4.90 Å². The minimum Gasteiger partial charge on any atom is -0.504 e. The van der Waals surface area contributed by atoms with Crippen molar-refractivity contribution in [3.8, 4) is 11.5 Å². The summed E-state index contributed by atoms with van der Waals surface area (Å²) in [5.41, 5.74) is -0.178. The maximum atomic E-state index is 13.2. The van der Waals surface area contributed by atoms with Crippen molar-refractivity contribution in [2.24, 2.45) is 11.3 Å². The smallest absolute Gasteiger partial charge is 0.329 e. The van der Waals surface area contributed by atoms with Crippen molar-refractivity contribution in [2.75, 3.05) is 13.1 Å². The summed E-state index contributed by atoms with van der Waals surface area (Å²) >= 11 is 0. The van der Waals surface area contributed by atoms with Crippen LogP contribution in [0.2, 0.25) is 0 Å². The van der Waals surface area contributed by atoms with Crippen molar-refractivity contribution in [1.82, 2.24) is 10.2 Å². The van der Waals surface area contributed by atoms with E-state index >= 15 is 0 Å². The monoisotopic (exact) mass is 518 g/mol. The van der Waals surface area contributed by atoms with Gasteiger partial charge in [0.15, 0.2) is 11.5 Å². The Hall–Kier alpha value is -2.81. The number of nitrogens with one attached hydrogen (secondary N) is 1. The number of phenols is 2. The lowest BCUT2D eigenvalue weighted by molar-refractivity contribution is -0.176. The number of likely N-dealkylation sites (tertiary alicyclic amines) is 1. The molecule has 0 bridgehead atoms. The van der Waals surface area contributed by atoms with Gasteiger partial charge >= 0.3 is 5.97 Å². The van der Waals surface area contributed by atoms with Gasteiger partial charge in [0, 0.05) is 31.3 Å². The second-order valence-electron chi connectivity index (χ2n) is 11.2. The number of aromatic hydroxyl groups is 2. The summed E-state index contributed by atoms with van der Waals surface area (Å²) in [6.07, 6.45) is 3.43. The molecule has 1 saturated carbocycles. The summed E-state index contributed by atoms with van der Waals surface area (Å²) in [6.45, 7) is 9.24. The summed E-state index contributed by atoms with van der Waals surface area (Å²) in [4.78, 5) is 39.9. The predicted octanol–water partition coefficient (Wildman–Crippen LogP) is 3.04. The van der Waals surface area contributed by atoms with Crippen LogP contribution in [0.5, 0.6) is 11.5 Å². The molecule has 4 N–H and O–H groups in total. The van der Waals surface area contributed by atoms with Crippen LogP contribution in [-0.4, -0.2) is 68.8 Å². The highest BCUT2D eigenvalue weighted by atomic mass is 16.6. The number of aliphatic hydroxyl groups excluding tert-OH is 1. The number of carbonyl (C=O) groups is 3. The van der Waals surface area contributed by atoms with Crippen LogP contribution in [-0.2, 0) is 25.5 Å². The van der Waals surface area contributed by atoms with Crippen molar-refractivity contribution in [1.29, 1.82) is 0 Å². The number of aliphatic hydroxyl groups is 1. The Morgan fingerprint density at radius 2 is 1.89 bits per heavy atom. The zero-order valence-corrected chi connectivity index (χ0v) is 22.5. The summed E-state index contributed by atoms with van der Waals surface area (Å²) < 4.78 is 6.11. The molecule has 1 aromatic rings. The summed E-state index contributed by atoms with van der Waals surface area (Å²) in [6, 6.07) is 3.52. The average molecular weight is 519 g/mol. The first kappa shape index (κ1) is 28.8. The summed E-state index contributed by atoms with van der Waals surface area (Å²) in [7, 11) is 0. The number of ether oxygens (including phenoxy) is 1. The van der Waals surface area contributed by atoms with Gasteiger partial charge in [-0.05, 0) is 62.6 Å². The Kier molecular flexibility index (Phi) is 9.10. The number of carbonyl (C=O) groups excluding carboxylic acids is 3. The standard InChI is InChI=1S/C28H42N2O7/c1-5-19-12-13-28(4,27(19,2)3)37-26(36)20-8-7-15-30(20)24(34)9-6-14-29-25(35)23(33)17-18-10-11-21(31)22(32)16-18/h10-11,16,19-20,23,31-33H,5-9,12-15,17H2,1-4H3,(H,29,35). The van der Waals surface area contributed by atoms with Gasteiger partial charge in [-0.2, -0.15) is 0 Å². The van der Waals surface area contributed by atoms with Gasteiger partial charge in [0.2, 0.25) is 11.8 Å². The first-order valence-electron chi connectivity index (χ1n) is 13.4. The lowest BCUT2D eigenvalue weighted by atomic mass is 9.72. The van der Waals surface area contributed by atoms with Crippen LogP contribution in [0.1, 0.15) is 78.2 Å². The second-order valence-corrected chi connectivity index (χ2v) is 11.2. The van der Waals surface area contributed by atoms with Gasteiger partial charge < -0.3 is 30.3 Å². The maximum Gasteiger partial charge on any atom is 0.329 e. The summed E-state index contributed by atoms with van der Waals surface area (Å²) in [5, 5.41) is 31.7. The number of rotatable bonds is 10. The third kappa shape index (κ3) is 6.37. The molecule has 9 heteroatoms. The molecular formula is C28H42N2O7. The van der Waals surface area contributed by atoms with Gasteiger partial charge in [0.05, 0.1) is 0 Å². The van der Waals surface area contributed by atoms with E-state index in [9.17, 15) is 29.7 Å². The number of phenolic OH excluding ortho intramolecular Hbond substituents is 2. The van der Waals surface area contributed by atoms with E-state index < -0.39 is 23.7 Å². The largest absolute Gasteiger partial charge is 0.504 e. The molecule has 1 heterocycles. The molecule has 2 fully saturated rings. The van der Waals surface area contributed by atoms with Crippen LogP contribution in [0.25, 0.3) is 0 Å². The molecule has 9 nitrogen and oxygen atoms in total. The zero-order valence-electron chi connectivity index (χ0n) is 22.5. The predicted molar refractivity (Wildman–Crippen MR) is 138 cm³/mol. The van der Waals surface area contributed by atoms with E-state index in [4.69, 9.17) is 4.74 Å². The first-order valence-corrected chi connectivity index (χ1v) is 13.4. The molecule has 4 atom stereocenters. The number of amides is 2. The van der Waals surface area contributed by atoms with Crippen LogP contribution in [0.4, 0.5) is 0 Å². The van der Waals surface area contributed by atoms with Gasteiger partial charge in [0.25, 0.3) is 0 Å². The molecule has 4 unspecified atom stereocenters. The third-order valence-electron chi connectivity index (χ3n) is 8.66. The minimum atomic E-state index is -1.33. The van der Waals surface area contributed by atoms with Crippen LogP contribution in [0.15, 0.2) is 18.2 Å². The van der Waals surface area contributed by atoms with E-state index in [0.29, 0.717) is 30.9 Å². The van der Waals surface area contributed by atoms with E-state index in [-0.39, 0.29) is 48.2 Å². The number of benzene rings is 1. The molecule has 0 aromatic heterocycles. The molecule has 1 aliphatic carbocycles. The molecule has 0 spiro atoms. The van der Waals surface area contributed by atoms with Crippen molar-refractivity contribution >= 4 is 17.8 Å². The molecule has 0 radical (unpaired) electrons. The van der Waals surface area contributed by atoms with Crippen LogP contribution < -0.4 is 5.32 Å². The van der Waals surface area contributed by atoms with Crippen molar-refractivity contribution in [3.63, 3.8) is 0 Å². The van der Waals surface area contributed by atoms with E-state index in [1.165, 1.54) is 18.2 Å². The lowest BCUT2D eigenvalue weighted by Crippen LogP contribution is -2.49. The number of hydrogen-bond donors (Lipinski definition) is 4. The molecule has 37 heavy (non-hydrogen) atoms. The van der Waals surface area contributed by atoms with Crippen molar-refractivity contribution in [3.05, 3.63) is 23.8 Å². The van der Waals surface area contributed by atoms with Gasteiger partial charge in [-0.25, -0.2) is 4.79 Å². The SMILES string of the molecule is CCC1CCC(C)(OC(=O)C2CCCN2C(=O)CCCNC(=O)C(O)Cc2ccc(O)c(O)c2)C1(C)C. The molecular weight excluding hydrogens is 476 g/mol. The lowest BCUT2D eigenvalue weighted by Gasteiger charge is -2.41. The topological polar surface area (TPSA) is 136 Å². The molecule has 206 valence electrons. The van der Waals surface area contributed by atoms with E-state index in [2.05, 4.69) is 26.1 Å². The maximum absolute atomic E-state index is 13.2. The van der Waals surface area contributed by atoms with Gasteiger partial charge in [-0.3, -0.25) is 9.59 Å². The second kappa shape index (κ2) is 11.7. The normalized spacial score (nSPS) is 25.6. The Morgan fingerprint density at radius 3 is 2.54 bits per heavy atom. The van der Waals surface area contributed by atoms with Gasteiger partial charge in [-0.1, -0.05) is 33.3 Å². The minimum absolute atomic E-state index is 0.0229. The number of esters is 1. The Bertz CT molecular complexity index is 995. The van der Waals surface area contributed by atoms with Crippen LogP contribution in [0.3, 0.4) is 0 Å². The molecule has 1 aromatic carbocycles.